The van der Waals surface area contributed by atoms with Crippen molar-refractivity contribution in [2.24, 2.45) is 0 Å². The summed E-state index contributed by atoms with van der Waals surface area (Å²) in [5, 5.41) is 11.1. The van der Waals surface area contributed by atoms with Crippen molar-refractivity contribution in [3.63, 3.8) is 0 Å². The summed E-state index contributed by atoms with van der Waals surface area (Å²) in [6, 6.07) is 39.8. The Morgan fingerprint density at radius 1 is 0.643 bits per heavy atom. The maximum absolute atomic E-state index is 6.96. The molecule has 0 N–H and O–H groups in total. The highest BCUT2D eigenvalue weighted by molar-refractivity contribution is 7.26. The zero-order valence-electron chi connectivity index (χ0n) is 30.7. The molecule has 0 amide bonds. The maximum atomic E-state index is 6.96. The minimum Gasteiger partial charge on any atom is -0.436 e. The van der Waals surface area contributed by atoms with Gasteiger partial charge in [0.1, 0.15) is 16.8 Å². The molecule has 13 rings (SSSR count). The van der Waals surface area contributed by atoms with E-state index in [0.29, 0.717) is 5.71 Å². The first-order valence-corrected chi connectivity index (χ1v) is 20.4. The summed E-state index contributed by atoms with van der Waals surface area (Å²) in [5.41, 5.74) is 13.0. The van der Waals surface area contributed by atoms with Crippen molar-refractivity contribution in [1.29, 1.82) is 0 Å². The van der Waals surface area contributed by atoms with Gasteiger partial charge in [-0.15, -0.1) is 11.3 Å². The number of thiophene rings is 1. The molecule has 0 spiro atoms. The molecule has 4 heterocycles. The Labute approximate surface area is 325 Å². The highest BCUT2D eigenvalue weighted by Crippen LogP contribution is 2.50. The monoisotopic (exact) mass is 735 g/mol. The minimum atomic E-state index is 0.574. The lowest BCUT2D eigenvalue weighted by molar-refractivity contribution is 0.655. The van der Waals surface area contributed by atoms with E-state index in [1.54, 1.807) is 0 Å². The van der Waals surface area contributed by atoms with Crippen LogP contribution in [0.15, 0.2) is 126 Å². The normalized spacial score (nSPS) is 14.1. The molecular weight excluding hydrogens is 703 g/mol. The predicted molar refractivity (Wildman–Crippen MR) is 236 cm³/mol. The van der Waals surface area contributed by atoms with Crippen LogP contribution < -0.4 is 0 Å². The quantitative estimate of drug-likeness (QED) is 0.178. The van der Waals surface area contributed by atoms with Crippen LogP contribution >= 0.6 is 11.3 Å². The molecule has 0 fully saturated rings. The van der Waals surface area contributed by atoms with Crippen LogP contribution in [-0.4, -0.2) is 14.5 Å². The fourth-order valence-electron chi connectivity index (χ4n) is 9.88. The van der Waals surface area contributed by atoms with E-state index in [2.05, 4.69) is 145 Å². The van der Waals surface area contributed by atoms with E-state index in [0.717, 1.165) is 70.1 Å². The number of nitrogens with zero attached hydrogens (tertiary/aromatic N) is 3. The summed E-state index contributed by atoms with van der Waals surface area (Å²) in [7, 11) is 0. The van der Waals surface area contributed by atoms with Crippen LogP contribution in [0.5, 0.6) is 0 Å². The molecule has 0 saturated heterocycles. The van der Waals surface area contributed by atoms with Crippen LogP contribution in [0.1, 0.15) is 40.7 Å². The minimum absolute atomic E-state index is 0.574. The van der Waals surface area contributed by atoms with Crippen LogP contribution in [0.4, 0.5) is 0 Å². The first-order valence-electron chi connectivity index (χ1n) is 19.6. The molecule has 0 aliphatic heterocycles. The second kappa shape index (κ2) is 11.2. The Morgan fingerprint density at radius 3 is 2.16 bits per heavy atom. The van der Waals surface area contributed by atoms with Crippen molar-refractivity contribution in [2.75, 3.05) is 0 Å². The fraction of sp³-hybridized carbons (Fsp3) is 0.0980. The van der Waals surface area contributed by atoms with Gasteiger partial charge in [-0.05, 0) is 89.2 Å². The molecule has 0 atom stereocenters. The summed E-state index contributed by atoms with van der Waals surface area (Å²) in [5.74, 6) is 0.792. The van der Waals surface area contributed by atoms with Gasteiger partial charge in [0.15, 0.2) is 5.82 Å². The summed E-state index contributed by atoms with van der Waals surface area (Å²) >= 11 is 1.90. The fourth-order valence-corrected chi connectivity index (χ4v) is 11.2. The predicted octanol–water partition coefficient (Wildman–Crippen LogP) is 14.0. The van der Waals surface area contributed by atoms with Gasteiger partial charge in [0.2, 0.25) is 5.71 Å². The Morgan fingerprint density at radius 2 is 1.34 bits per heavy atom. The van der Waals surface area contributed by atoms with Gasteiger partial charge in [-0.3, -0.25) is 4.57 Å². The molecule has 4 nitrogen and oxygen atoms in total. The van der Waals surface area contributed by atoms with Gasteiger partial charge in [0.25, 0.3) is 0 Å². The summed E-state index contributed by atoms with van der Waals surface area (Å²) < 4.78 is 12.0. The number of fused-ring (bicyclic) bond motifs is 19. The number of rotatable bonds is 2. The smallest absolute Gasteiger partial charge is 0.248 e. The Balaban J connectivity index is 1.24. The van der Waals surface area contributed by atoms with E-state index >= 15 is 0 Å². The maximum Gasteiger partial charge on any atom is 0.248 e. The van der Waals surface area contributed by atoms with Crippen molar-refractivity contribution in [3.05, 3.63) is 149 Å². The average molecular weight is 736 g/mol. The zero-order valence-corrected chi connectivity index (χ0v) is 31.5. The summed E-state index contributed by atoms with van der Waals surface area (Å²) in [6.07, 6.45) is 13.3. The molecule has 56 heavy (non-hydrogen) atoms. The third-order valence-electron chi connectivity index (χ3n) is 12.4. The van der Waals surface area contributed by atoms with Crippen molar-refractivity contribution in [3.8, 4) is 17.1 Å². The molecular formula is C51H33N3OS. The molecule has 0 bridgehead atoms. The van der Waals surface area contributed by atoms with Crippen LogP contribution in [0.2, 0.25) is 0 Å². The average Bonchev–Trinajstić information content (AvgIpc) is 3.93. The molecule has 11 aromatic rings. The number of hydrogen-bond acceptors (Lipinski definition) is 4. The molecule has 0 radical (unpaired) electrons. The Kier molecular flexibility index (Phi) is 6.17. The lowest BCUT2D eigenvalue weighted by Gasteiger charge is -2.17. The Hall–Kier alpha value is -6.56. The van der Waals surface area contributed by atoms with Gasteiger partial charge >= 0.3 is 0 Å². The second-order valence-corrected chi connectivity index (χ2v) is 16.6. The number of furan rings is 1. The first kappa shape index (κ1) is 30.7. The molecule has 264 valence electrons. The topological polar surface area (TPSA) is 43.9 Å². The molecule has 2 aliphatic carbocycles. The third-order valence-corrected chi connectivity index (χ3v) is 13.5. The van der Waals surface area contributed by atoms with E-state index in [1.807, 2.05) is 11.3 Å². The molecule has 0 saturated carbocycles. The van der Waals surface area contributed by atoms with Gasteiger partial charge in [0.05, 0.1) is 21.1 Å². The van der Waals surface area contributed by atoms with Gasteiger partial charge in [0, 0.05) is 37.2 Å². The number of aryl methyl sites for hydroxylation is 3. The number of para-hydroxylation sites is 1. The van der Waals surface area contributed by atoms with Crippen molar-refractivity contribution in [2.45, 2.75) is 32.6 Å². The van der Waals surface area contributed by atoms with Crippen molar-refractivity contribution in [1.82, 2.24) is 14.5 Å². The van der Waals surface area contributed by atoms with E-state index in [1.165, 1.54) is 80.4 Å². The first-order chi connectivity index (χ1) is 27.7. The van der Waals surface area contributed by atoms with Crippen molar-refractivity contribution < 1.29 is 4.42 Å². The van der Waals surface area contributed by atoms with Crippen LogP contribution in [0.3, 0.4) is 0 Å². The van der Waals surface area contributed by atoms with Crippen LogP contribution in [-0.2, 0) is 12.8 Å². The number of benzene rings is 7. The molecule has 2 aliphatic rings. The third kappa shape index (κ3) is 4.08. The molecule has 7 aromatic carbocycles. The van der Waals surface area contributed by atoms with Crippen molar-refractivity contribution >= 4 is 109 Å². The summed E-state index contributed by atoms with van der Waals surface area (Å²) in [6.45, 7) is 2.14. The van der Waals surface area contributed by atoms with E-state index in [-0.39, 0.29) is 0 Å². The van der Waals surface area contributed by atoms with E-state index in [4.69, 9.17) is 14.4 Å². The van der Waals surface area contributed by atoms with E-state index < -0.39 is 0 Å². The standard InChI is InChI=1S/C51H33N3OS/c1-28-22-24-29(25-23-28)45-50(53-51-46(52-45)44-34-16-6-4-14-32(34)33-15-5-9-19-37(33)48(44)55-51)54-40-21-11-10-20-38(40)42-35-17-7-8-18-36(35)43-39-26-30-12-2-3-13-31(30)27-41(39)56-49(43)47(42)54/h2-5,8-15,18-27H,6-7,16-17H2,1H3. The lowest BCUT2D eigenvalue weighted by Crippen LogP contribution is -2.04. The van der Waals surface area contributed by atoms with Gasteiger partial charge in [-0.1, -0.05) is 121 Å². The largest absolute Gasteiger partial charge is 0.436 e. The SMILES string of the molecule is Cc1ccc(-c2nc3c(nc2-n2c4ccccc4c4c5c(c6c7cc8ccccc8cc7sc6c42)C=CCC5)oc2c4ccccc4c4c(c32)CCC=C4)cc1. The van der Waals surface area contributed by atoms with Gasteiger partial charge in [-0.25, -0.2) is 4.98 Å². The molecule has 0 unspecified atom stereocenters. The highest BCUT2D eigenvalue weighted by atomic mass is 32.1. The Bertz CT molecular complexity index is 3590. The zero-order chi connectivity index (χ0) is 36.6. The van der Waals surface area contributed by atoms with Gasteiger partial charge < -0.3 is 4.42 Å². The number of aromatic nitrogens is 3. The lowest BCUT2D eigenvalue weighted by atomic mass is 9.89. The second-order valence-electron chi connectivity index (χ2n) is 15.5. The van der Waals surface area contributed by atoms with Crippen LogP contribution in [0, 0.1) is 6.92 Å². The number of allylic oxidation sites excluding steroid dienone is 2. The van der Waals surface area contributed by atoms with Crippen LogP contribution in [0.25, 0.3) is 115 Å². The number of hydrogen-bond donors (Lipinski definition) is 0. The molecule has 4 aromatic heterocycles. The molecule has 5 heteroatoms. The highest BCUT2D eigenvalue weighted by Gasteiger charge is 2.29. The summed E-state index contributed by atoms with van der Waals surface area (Å²) in [4.78, 5) is 11.3. The van der Waals surface area contributed by atoms with Gasteiger partial charge in [-0.2, -0.15) is 4.98 Å². The van der Waals surface area contributed by atoms with E-state index in [9.17, 15) is 0 Å².